The van der Waals surface area contributed by atoms with Crippen molar-refractivity contribution in [3.63, 3.8) is 0 Å². The van der Waals surface area contributed by atoms with Gasteiger partial charge in [-0.3, -0.25) is 14.6 Å². The average Bonchev–Trinajstić information content (AvgIpc) is 2.65. The number of aromatic amines is 1. The first kappa shape index (κ1) is 19.4. The van der Waals surface area contributed by atoms with E-state index in [-0.39, 0.29) is 22.4 Å². The number of pyridine rings is 2. The number of aromatic nitrogens is 2. The van der Waals surface area contributed by atoms with Crippen LogP contribution in [0.15, 0.2) is 47.4 Å². The lowest BCUT2D eigenvalue weighted by atomic mass is 10.1. The molecule has 3 N–H and O–H groups in total. The Labute approximate surface area is 164 Å². The average molecular weight is 403 g/mol. The van der Waals surface area contributed by atoms with E-state index in [4.69, 9.17) is 16.3 Å². The molecule has 0 aliphatic carbocycles. The van der Waals surface area contributed by atoms with Crippen LogP contribution in [0.4, 0.5) is 21.6 Å². The molecule has 0 unspecified atom stereocenters. The summed E-state index contributed by atoms with van der Waals surface area (Å²) in [5.41, 5.74) is 1.37. The van der Waals surface area contributed by atoms with Crippen molar-refractivity contribution in [3.05, 3.63) is 63.8 Å². The largest absolute Gasteiger partial charge is 0.481 e. The third kappa shape index (κ3) is 4.29. The summed E-state index contributed by atoms with van der Waals surface area (Å²) in [5, 5.41) is 5.61. The molecule has 0 saturated carbocycles. The second-order valence-corrected chi connectivity index (χ2v) is 6.23. The molecule has 2 aromatic heterocycles. The van der Waals surface area contributed by atoms with Gasteiger partial charge in [0.15, 0.2) is 0 Å². The lowest BCUT2D eigenvalue weighted by molar-refractivity contribution is -0.114. The van der Waals surface area contributed by atoms with E-state index in [1.165, 1.54) is 38.4 Å². The summed E-state index contributed by atoms with van der Waals surface area (Å²) < 4.78 is 18.7. The Hall–Kier alpha value is -3.39. The summed E-state index contributed by atoms with van der Waals surface area (Å²) in [6.07, 6.45) is 1.52. The molecule has 0 radical (unpaired) electrons. The van der Waals surface area contributed by atoms with E-state index in [0.717, 1.165) is 0 Å². The van der Waals surface area contributed by atoms with Gasteiger partial charge in [-0.25, -0.2) is 9.37 Å². The van der Waals surface area contributed by atoms with Gasteiger partial charge in [0.05, 0.1) is 12.1 Å². The number of methoxy groups -OCH3 is 1. The van der Waals surface area contributed by atoms with E-state index in [2.05, 4.69) is 20.6 Å². The topological polar surface area (TPSA) is 96.1 Å². The number of amides is 1. The number of carbonyl (C=O) groups is 1. The molecule has 9 heteroatoms. The Bertz CT molecular complexity index is 1100. The van der Waals surface area contributed by atoms with Crippen LogP contribution in [0.5, 0.6) is 5.88 Å². The standard InChI is InChI=1S/C19H16ClFN4O3/c1-10(26)23-17-8-12(5-6-22-17)24-16-9-13(18(27)25-19(16)28-2)11-3-4-15(21)14(20)7-11/h3-9H,1-2H3,(H,25,27)(H2,22,23,24,26). The predicted molar refractivity (Wildman–Crippen MR) is 106 cm³/mol. The normalized spacial score (nSPS) is 10.4. The molecule has 0 aliphatic rings. The van der Waals surface area contributed by atoms with Crippen LogP contribution in [0, 0.1) is 5.82 Å². The fourth-order valence-corrected chi connectivity index (χ4v) is 2.74. The minimum Gasteiger partial charge on any atom is -0.481 e. The summed E-state index contributed by atoms with van der Waals surface area (Å²) in [7, 11) is 1.42. The molecule has 0 bridgehead atoms. The summed E-state index contributed by atoms with van der Waals surface area (Å²) in [4.78, 5) is 30.3. The van der Waals surface area contributed by atoms with Crippen molar-refractivity contribution in [2.24, 2.45) is 0 Å². The Balaban J connectivity index is 2.02. The summed E-state index contributed by atoms with van der Waals surface area (Å²) in [6.45, 7) is 1.38. The van der Waals surface area contributed by atoms with E-state index in [1.54, 1.807) is 18.2 Å². The van der Waals surface area contributed by atoms with Gasteiger partial charge in [0.1, 0.15) is 17.3 Å². The van der Waals surface area contributed by atoms with Crippen LogP contribution in [0.3, 0.4) is 0 Å². The van der Waals surface area contributed by atoms with Gasteiger partial charge in [-0.15, -0.1) is 0 Å². The predicted octanol–water partition coefficient (Wildman–Crippen LogP) is 3.94. The van der Waals surface area contributed by atoms with Gasteiger partial charge >= 0.3 is 0 Å². The summed E-state index contributed by atoms with van der Waals surface area (Å²) >= 11 is 5.83. The number of H-pyrrole nitrogens is 1. The molecule has 28 heavy (non-hydrogen) atoms. The molecular formula is C19H16ClFN4O3. The van der Waals surface area contributed by atoms with Gasteiger partial charge in [0, 0.05) is 30.4 Å². The van der Waals surface area contributed by atoms with E-state index >= 15 is 0 Å². The molecule has 3 aromatic rings. The first-order chi connectivity index (χ1) is 13.4. The Morgan fingerprint density at radius 3 is 2.71 bits per heavy atom. The number of rotatable bonds is 5. The minimum atomic E-state index is -0.573. The lowest BCUT2D eigenvalue weighted by Crippen LogP contribution is -2.12. The molecular weight excluding hydrogens is 387 g/mol. The second-order valence-electron chi connectivity index (χ2n) is 5.82. The van der Waals surface area contributed by atoms with Crippen LogP contribution in [0.1, 0.15) is 6.92 Å². The monoisotopic (exact) mass is 402 g/mol. The zero-order valence-electron chi connectivity index (χ0n) is 15.0. The van der Waals surface area contributed by atoms with Crippen LogP contribution in [-0.2, 0) is 4.79 Å². The SMILES string of the molecule is COc1[nH]c(=O)c(-c2ccc(F)c(Cl)c2)cc1Nc1ccnc(NC(C)=O)c1. The highest BCUT2D eigenvalue weighted by molar-refractivity contribution is 6.31. The maximum atomic E-state index is 13.4. The molecule has 1 aromatic carbocycles. The van der Waals surface area contributed by atoms with Crippen LogP contribution in [0.25, 0.3) is 11.1 Å². The number of hydrogen-bond acceptors (Lipinski definition) is 5. The minimum absolute atomic E-state index is 0.0868. The van der Waals surface area contributed by atoms with Crippen LogP contribution in [-0.4, -0.2) is 23.0 Å². The van der Waals surface area contributed by atoms with Crippen molar-refractivity contribution in [1.82, 2.24) is 9.97 Å². The number of anilines is 3. The fourth-order valence-electron chi connectivity index (χ4n) is 2.56. The van der Waals surface area contributed by atoms with Crippen LogP contribution in [0.2, 0.25) is 5.02 Å². The van der Waals surface area contributed by atoms with Crippen molar-refractivity contribution < 1.29 is 13.9 Å². The molecule has 0 saturated heterocycles. The number of nitrogens with one attached hydrogen (secondary N) is 3. The van der Waals surface area contributed by atoms with Crippen LogP contribution < -0.4 is 20.9 Å². The van der Waals surface area contributed by atoms with Crippen molar-refractivity contribution in [2.75, 3.05) is 17.7 Å². The van der Waals surface area contributed by atoms with Crippen molar-refractivity contribution in [2.45, 2.75) is 6.92 Å². The number of ether oxygens (including phenoxy) is 1. The number of hydrogen-bond donors (Lipinski definition) is 3. The highest BCUT2D eigenvalue weighted by Gasteiger charge is 2.13. The van der Waals surface area contributed by atoms with Crippen molar-refractivity contribution >= 4 is 34.7 Å². The zero-order valence-corrected chi connectivity index (χ0v) is 15.7. The zero-order chi connectivity index (χ0) is 20.3. The highest BCUT2D eigenvalue weighted by atomic mass is 35.5. The quantitative estimate of drug-likeness (QED) is 0.600. The third-order valence-corrected chi connectivity index (χ3v) is 4.07. The number of halogens is 2. The molecule has 0 atom stereocenters. The molecule has 1 amide bonds. The van der Waals surface area contributed by atoms with E-state index in [0.29, 0.717) is 22.8 Å². The van der Waals surface area contributed by atoms with E-state index < -0.39 is 11.4 Å². The molecule has 7 nitrogen and oxygen atoms in total. The van der Waals surface area contributed by atoms with Gasteiger partial charge in [0.2, 0.25) is 11.8 Å². The maximum Gasteiger partial charge on any atom is 0.258 e. The fraction of sp³-hybridized carbons (Fsp3) is 0.105. The first-order valence-electron chi connectivity index (χ1n) is 8.15. The number of benzene rings is 1. The third-order valence-electron chi connectivity index (χ3n) is 3.78. The van der Waals surface area contributed by atoms with Crippen molar-refractivity contribution in [1.29, 1.82) is 0 Å². The van der Waals surface area contributed by atoms with Gasteiger partial charge in [0.25, 0.3) is 5.56 Å². The summed E-state index contributed by atoms with van der Waals surface area (Å²) in [6, 6.07) is 8.91. The lowest BCUT2D eigenvalue weighted by Gasteiger charge is -2.13. The van der Waals surface area contributed by atoms with E-state index in [1.807, 2.05) is 0 Å². The second kappa shape index (κ2) is 8.10. The molecule has 144 valence electrons. The molecule has 0 aliphatic heterocycles. The molecule has 0 spiro atoms. The maximum absolute atomic E-state index is 13.4. The van der Waals surface area contributed by atoms with Crippen molar-refractivity contribution in [3.8, 4) is 17.0 Å². The molecule has 3 rings (SSSR count). The molecule has 0 fully saturated rings. The highest BCUT2D eigenvalue weighted by Crippen LogP contribution is 2.30. The summed E-state index contributed by atoms with van der Waals surface area (Å²) in [5.74, 6) is -0.246. The molecule has 2 heterocycles. The van der Waals surface area contributed by atoms with E-state index in [9.17, 15) is 14.0 Å². The smallest absolute Gasteiger partial charge is 0.258 e. The van der Waals surface area contributed by atoms with Gasteiger partial charge < -0.3 is 15.4 Å². The van der Waals surface area contributed by atoms with Gasteiger partial charge in [-0.05, 0) is 29.8 Å². The number of nitrogens with zero attached hydrogens (tertiary/aromatic N) is 1. The number of carbonyl (C=O) groups excluding carboxylic acids is 1. The van der Waals surface area contributed by atoms with Crippen LogP contribution >= 0.6 is 11.6 Å². The van der Waals surface area contributed by atoms with Gasteiger partial charge in [-0.2, -0.15) is 0 Å². The van der Waals surface area contributed by atoms with Gasteiger partial charge in [-0.1, -0.05) is 17.7 Å². The Kier molecular flexibility index (Phi) is 5.60. The first-order valence-corrected chi connectivity index (χ1v) is 8.52. The Morgan fingerprint density at radius 2 is 2.04 bits per heavy atom. The Morgan fingerprint density at radius 1 is 1.25 bits per heavy atom.